The van der Waals surface area contributed by atoms with Gasteiger partial charge < -0.3 is 10.1 Å². The van der Waals surface area contributed by atoms with E-state index in [-0.39, 0.29) is 12.5 Å². The number of hydrogen-bond acceptors (Lipinski definition) is 3. The molecule has 0 spiro atoms. The summed E-state index contributed by atoms with van der Waals surface area (Å²) in [6.07, 6.45) is 0. The minimum atomic E-state index is -1.28. The average Bonchev–Trinajstić information content (AvgIpc) is 2.52. The molecule has 4 nitrogen and oxygen atoms in total. The summed E-state index contributed by atoms with van der Waals surface area (Å²) in [6, 6.07) is 4.98. The Bertz CT molecular complexity index is 501. The van der Waals surface area contributed by atoms with Crippen molar-refractivity contribution in [3.05, 3.63) is 23.8 Å². The standard InChI is InChI=1S/C12H12BNO3/c1-3-17-11(16)12(2)8-5-4-7(13)6-9(8)14-10(12)15/h4-6H,3H2,1-2H3,(H,14,15). The molecule has 1 amide bonds. The van der Waals surface area contributed by atoms with Crippen molar-refractivity contribution in [1.29, 1.82) is 0 Å². The fourth-order valence-electron chi connectivity index (χ4n) is 1.95. The molecule has 5 heteroatoms. The Balaban J connectivity index is 2.50. The fraction of sp³-hybridized carbons (Fsp3) is 0.333. The van der Waals surface area contributed by atoms with E-state index >= 15 is 0 Å². The second-order valence-corrected chi connectivity index (χ2v) is 4.10. The molecule has 0 saturated heterocycles. The van der Waals surface area contributed by atoms with Gasteiger partial charge in [0.25, 0.3) is 0 Å². The van der Waals surface area contributed by atoms with Gasteiger partial charge in [0.05, 0.1) is 6.61 Å². The van der Waals surface area contributed by atoms with E-state index < -0.39 is 11.4 Å². The molecule has 1 aromatic rings. The smallest absolute Gasteiger partial charge is 0.326 e. The number of hydrogen-bond donors (Lipinski definition) is 1. The Morgan fingerprint density at radius 2 is 2.24 bits per heavy atom. The third kappa shape index (κ3) is 1.62. The summed E-state index contributed by atoms with van der Waals surface area (Å²) in [5.74, 6) is -0.919. The molecule has 0 aliphatic carbocycles. The van der Waals surface area contributed by atoms with Crippen LogP contribution in [0.1, 0.15) is 19.4 Å². The number of carbonyl (C=O) groups is 2. The first-order chi connectivity index (χ1) is 8.00. The summed E-state index contributed by atoms with van der Waals surface area (Å²) in [4.78, 5) is 23.8. The summed E-state index contributed by atoms with van der Waals surface area (Å²) < 4.78 is 4.96. The molecule has 0 bridgehead atoms. The van der Waals surface area contributed by atoms with Crippen LogP contribution in [-0.4, -0.2) is 26.3 Å². The lowest BCUT2D eigenvalue weighted by atomic mass is 9.82. The highest BCUT2D eigenvalue weighted by Crippen LogP contribution is 2.37. The van der Waals surface area contributed by atoms with Crippen molar-refractivity contribution in [2.24, 2.45) is 0 Å². The van der Waals surface area contributed by atoms with Crippen molar-refractivity contribution >= 4 is 30.9 Å². The zero-order valence-electron chi connectivity index (χ0n) is 9.74. The van der Waals surface area contributed by atoms with Crippen LogP contribution in [0, 0.1) is 0 Å². The van der Waals surface area contributed by atoms with Crippen molar-refractivity contribution in [2.75, 3.05) is 11.9 Å². The van der Waals surface area contributed by atoms with Gasteiger partial charge in [-0.25, -0.2) is 0 Å². The third-order valence-corrected chi connectivity index (χ3v) is 2.97. The van der Waals surface area contributed by atoms with E-state index in [1.54, 1.807) is 32.0 Å². The molecule has 1 aliphatic rings. The van der Waals surface area contributed by atoms with Crippen molar-refractivity contribution in [3.8, 4) is 0 Å². The van der Waals surface area contributed by atoms with Crippen LogP contribution in [0.2, 0.25) is 0 Å². The Labute approximate surface area is 101 Å². The molecule has 2 radical (unpaired) electrons. The number of benzene rings is 1. The zero-order valence-corrected chi connectivity index (χ0v) is 9.74. The number of nitrogens with one attached hydrogen (secondary N) is 1. The molecule has 0 aromatic heterocycles. The maximum absolute atomic E-state index is 11.9. The van der Waals surface area contributed by atoms with Crippen molar-refractivity contribution < 1.29 is 14.3 Å². The number of ether oxygens (including phenoxy) is 1. The first-order valence-electron chi connectivity index (χ1n) is 5.38. The van der Waals surface area contributed by atoms with Crippen LogP contribution < -0.4 is 10.8 Å². The zero-order chi connectivity index (χ0) is 12.6. The molecule has 17 heavy (non-hydrogen) atoms. The lowest BCUT2D eigenvalue weighted by molar-refractivity contribution is -0.152. The molecule has 1 atom stereocenters. The van der Waals surface area contributed by atoms with Gasteiger partial charge in [0.1, 0.15) is 7.85 Å². The summed E-state index contributed by atoms with van der Waals surface area (Å²) in [6.45, 7) is 3.51. The Kier molecular flexibility index (Phi) is 2.69. The van der Waals surface area contributed by atoms with Gasteiger partial charge in [-0.1, -0.05) is 17.6 Å². The average molecular weight is 229 g/mol. The molecule has 1 unspecified atom stereocenters. The number of carbonyl (C=O) groups excluding carboxylic acids is 2. The predicted octanol–water partition coefficient (Wildman–Crippen LogP) is 0.253. The van der Waals surface area contributed by atoms with E-state index in [1.807, 2.05) is 0 Å². The summed E-state index contributed by atoms with van der Waals surface area (Å²) in [5, 5.41) is 2.65. The lowest BCUT2D eigenvalue weighted by Gasteiger charge is -2.19. The first-order valence-corrected chi connectivity index (χ1v) is 5.38. The lowest BCUT2D eigenvalue weighted by Crippen LogP contribution is -2.40. The van der Waals surface area contributed by atoms with Gasteiger partial charge in [0.2, 0.25) is 5.91 Å². The van der Waals surface area contributed by atoms with E-state index in [1.165, 1.54) is 0 Å². The molecule has 0 saturated carbocycles. The molecule has 1 aromatic carbocycles. The molecular weight excluding hydrogens is 217 g/mol. The molecule has 1 heterocycles. The van der Waals surface area contributed by atoms with Crippen LogP contribution in [0.25, 0.3) is 0 Å². The molecule has 1 N–H and O–H groups in total. The maximum Gasteiger partial charge on any atom is 0.326 e. The summed E-state index contributed by atoms with van der Waals surface area (Å²) in [7, 11) is 5.63. The van der Waals surface area contributed by atoms with Gasteiger partial charge in [-0.05, 0) is 19.9 Å². The topological polar surface area (TPSA) is 55.4 Å². The van der Waals surface area contributed by atoms with E-state index in [4.69, 9.17) is 12.6 Å². The Morgan fingerprint density at radius 1 is 1.53 bits per heavy atom. The molecular formula is C12H12BNO3. The number of anilines is 1. The third-order valence-electron chi connectivity index (χ3n) is 2.97. The maximum atomic E-state index is 11.9. The Hall–Kier alpha value is -1.78. The predicted molar refractivity (Wildman–Crippen MR) is 64.4 cm³/mol. The van der Waals surface area contributed by atoms with Crippen LogP contribution in [0.3, 0.4) is 0 Å². The molecule has 2 rings (SSSR count). The number of esters is 1. The van der Waals surface area contributed by atoms with Gasteiger partial charge >= 0.3 is 5.97 Å². The number of rotatable bonds is 2. The highest BCUT2D eigenvalue weighted by atomic mass is 16.5. The van der Waals surface area contributed by atoms with Gasteiger partial charge in [0.15, 0.2) is 5.41 Å². The van der Waals surface area contributed by atoms with Gasteiger partial charge in [-0.2, -0.15) is 0 Å². The van der Waals surface area contributed by atoms with Crippen LogP contribution in [-0.2, 0) is 19.7 Å². The fourth-order valence-corrected chi connectivity index (χ4v) is 1.95. The van der Waals surface area contributed by atoms with E-state index in [9.17, 15) is 9.59 Å². The summed E-state index contributed by atoms with van der Waals surface area (Å²) >= 11 is 0. The molecule has 1 aliphatic heterocycles. The van der Waals surface area contributed by atoms with Crippen molar-refractivity contribution in [1.82, 2.24) is 0 Å². The normalized spacial score (nSPS) is 21.9. The Morgan fingerprint density at radius 3 is 2.88 bits per heavy atom. The summed E-state index contributed by atoms with van der Waals surface area (Å²) in [5.41, 5.74) is 0.442. The van der Waals surface area contributed by atoms with E-state index in [0.717, 1.165) is 0 Å². The van der Waals surface area contributed by atoms with Crippen LogP contribution in [0.15, 0.2) is 18.2 Å². The second-order valence-electron chi connectivity index (χ2n) is 4.10. The molecule has 0 fully saturated rings. The van der Waals surface area contributed by atoms with Crippen molar-refractivity contribution in [3.63, 3.8) is 0 Å². The first kappa shape index (κ1) is 11.7. The quantitative estimate of drug-likeness (QED) is 0.449. The van der Waals surface area contributed by atoms with Crippen LogP contribution >= 0.6 is 0 Å². The van der Waals surface area contributed by atoms with Crippen LogP contribution in [0.5, 0.6) is 0 Å². The van der Waals surface area contributed by atoms with Crippen molar-refractivity contribution in [2.45, 2.75) is 19.3 Å². The van der Waals surface area contributed by atoms with Gasteiger partial charge in [-0.3, -0.25) is 9.59 Å². The highest BCUT2D eigenvalue weighted by Gasteiger charge is 2.50. The SMILES string of the molecule is [B]c1ccc2c(c1)NC(=O)C2(C)C(=O)OCC. The largest absolute Gasteiger partial charge is 0.465 e. The van der Waals surface area contributed by atoms with E-state index in [0.29, 0.717) is 16.7 Å². The number of fused-ring (bicyclic) bond motifs is 1. The minimum Gasteiger partial charge on any atom is -0.465 e. The van der Waals surface area contributed by atoms with Crippen LogP contribution in [0.4, 0.5) is 5.69 Å². The minimum absolute atomic E-state index is 0.242. The second kappa shape index (κ2) is 3.91. The highest BCUT2D eigenvalue weighted by molar-refractivity contribution is 6.33. The van der Waals surface area contributed by atoms with Gasteiger partial charge in [-0.15, -0.1) is 0 Å². The molecule has 86 valence electrons. The van der Waals surface area contributed by atoms with E-state index in [2.05, 4.69) is 5.32 Å². The monoisotopic (exact) mass is 229 g/mol. The number of amides is 1. The van der Waals surface area contributed by atoms with Gasteiger partial charge in [0, 0.05) is 11.3 Å².